The van der Waals surface area contributed by atoms with Gasteiger partial charge in [0.15, 0.2) is 0 Å². The van der Waals surface area contributed by atoms with E-state index in [1.54, 1.807) is 0 Å². The van der Waals surface area contributed by atoms with Gasteiger partial charge in [-0.2, -0.15) is 0 Å². The van der Waals surface area contributed by atoms with E-state index in [0.29, 0.717) is 6.04 Å². The van der Waals surface area contributed by atoms with Crippen LogP contribution in [0.15, 0.2) is 41.0 Å². The summed E-state index contributed by atoms with van der Waals surface area (Å²) >= 11 is 3.50. The first-order chi connectivity index (χ1) is 11.5. The number of hydrogen-bond acceptors (Lipinski definition) is 4. The molecule has 0 spiro atoms. The Balaban J connectivity index is 1.56. The van der Waals surface area contributed by atoms with Crippen LogP contribution in [0.2, 0.25) is 0 Å². The first kappa shape index (κ1) is 17.1. The Morgan fingerprint density at radius 2 is 1.83 bits per heavy atom. The lowest BCUT2D eigenvalue weighted by atomic mass is 10.0. The zero-order valence-corrected chi connectivity index (χ0v) is 16.2. The zero-order valence-electron chi connectivity index (χ0n) is 14.6. The largest absolute Gasteiger partial charge is 0.378 e. The molecule has 0 radical (unpaired) electrons. The Hall–Kier alpha value is -1.75. The number of rotatable bonds is 4. The molecule has 128 valence electrons. The molecule has 0 atom stereocenters. The monoisotopic (exact) mass is 388 g/mol. The Kier molecular flexibility index (Phi) is 5.29. The predicted molar refractivity (Wildman–Crippen MR) is 106 cm³/mol. The molecule has 1 aromatic carbocycles. The van der Waals surface area contributed by atoms with E-state index in [9.17, 15) is 0 Å². The van der Waals surface area contributed by atoms with Gasteiger partial charge in [0.2, 0.25) is 0 Å². The van der Waals surface area contributed by atoms with Crippen LogP contribution in [0.5, 0.6) is 0 Å². The summed E-state index contributed by atoms with van der Waals surface area (Å²) in [6, 6.07) is 11.4. The maximum Gasteiger partial charge on any atom is 0.126 e. The minimum absolute atomic E-state index is 0.496. The second kappa shape index (κ2) is 7.43. The van der Waals surface area contributed by atoms with Gasteiger partial charge in [-0.25, -0.2) is 4.98 Å². The summed E-state index contributed by atoms with van der Waals surface area (Å²) in [5.41, 5.74) is 3.77. The second-order valence-corrected chi connectivity index (χ2v) is 7.49. The van der Waals surface area contributed by atoms with Crippen molar-refractivity contribution in [1.82, 2.24) is 4.98 Å². The van der Waals surface area contributed by atoms with Gasteiger partial charge in [-0.05, 0) is 71.6 Å². The van der Waals surface area contributed by atoms with E-state index < -0.39 is 0 Å². The number of pyridine rings is 1. The van der Waals surface area contributed by atoms with Crippen LogP contribution in [0.1, 0.15) is 18.4 Å². The molecule has 1 fully saturated rings. The van der Waals surface area contributed by atoms with Crippen molar-refractivity contribution >= 4 is 33.1 Å². The van der Waals surface area contributed by atoms with Gasteiger partial charge in [0.1, 0.15) is 5.82 Å². The molecular weight excluding hydrogens is 364 g/mol. The maximum atomic E-state index is 4.46. The van der Waals surface area contributed by atoms with E-state index in [1.165, 1.54) is 16.9 Å². The first-order valence-electron chi connectivity index (χ1n) is 8.44. The highest BCUT2D eigenvalue weighted by Crippen LogP contribution is 2.25. The maximum absolute atomic E-state index is 4.46. The van der Waals surface area contributed by atoms with Crippen molar-refractivity contribution in [3.05, 3.63) is 46.6 Å². The van der Waals surface area contributed by atoms with Crippen LogP contribution in [0.4, 0.5) is 17.2 Å². The fourth-order valence-electron chi connectivity index (χ4n) is 3.07. The van der Waals surface area contributed by atoms with Gasteiger partial charge in [0, 0.05) is 55.3 Å². The first-order valence-corrected chi connectivity index (χ1v) is 9.23. The van der Waals surface area contributed by atoms with Crippen molar-refractivity contribution in [3.63, 3.8) is 0 Å². The van der Waals surface area contributed by atoms with Crippen molar-refractivity contribution in [2.75, 3.05) is 42.3 Å². The van der Waals surface area contributed by atoms with Gasteiger partial charge in [-0.1, -0.05) is 0 Å². The molecule has 1 aliphatic rings. The molecular formula is C19H25BrN4. The highest BCUT2D eigenvalue weighted by molar-refractivity contribution is 9.10. The normalized spacial score (nSPS) is 15.4. The molecule has 5 heteroatoms. The molecule has 1 saturated heterocycles. The van der Waals surface area contributed by atoms with Gasteiger partial charge in [0.05, 0.1) is 0 Å². The standard InChI is InChI=1S/C19H25BrN4/c1-14-12-19(21-13-18(14)20)22-15-8-10-24(11-9-15)17-6-4-16(5-7-17)23(2)3/h4-7,12-13,15H,8-11H2,1-3H3,(H,21,22). The smallest absolute Gasteiger partial charge is 0.126 e. The molecule has 24 heavy (non-hydrogen) atoms. The third-order valence-corrected chi connectivity index (χ3v) is 5.46. The number of nitrogens with zero attached hydrogens (tertiary/aromatic N) is 3. The Morgan fingerprint density at radius 1 is 1.17 bits per heavy atom. The number of anilines is 3. The molecule has 2 heterocycles. The summed E-state index contributed by atoms with van der Waals surface area (Å²) in [6.07, 6.45) is 4.14. The van der Waals surface area contributed by atoms with E-state index in [2.05, 4.69) is 87.4 Å². The quantitative estimate of drug-likeness (QED) is 0.845. The number of aromatic nitrogens is 1. The molecule has 1 N–H and O–H groups in total. The van der Waals surface area contributed by atoms with Crippen molar-refractivity contribution in [3.8, 4) is 0 Å². The van der Waals surface area contributed by atoms with Crippen LogP contribution in [0.25, 0.3) is 0 Å². The van der Waals surface area contributed by atoms with Crippen LogP contribution in [-0.2, 0) is 0 Å². The second-order valence-electron chi connectivity index (χ2n) is 6.64. The Bertz CT molecular complexity index is 676. The molecule has 1 aromatic heterocycles. The third-order valence-electron chi connectivity index (χ3n) is 4.63. The number of piperidine rings is 1. The number of benzene rings is 1. The zero-order chi connectivity index (χ0) is 17.1. The fraction of sp³-hybridized carbons (Fsp3) is 0.421. The van der Waals surface area contributed by atoms with Crippen LogP contribution >= 0.6 is 15.9 Å². The van der Waals surface area contributed by atoms with Gasteiger partial charge in [-0.15, -0.1) is 0 Å². The lowest BCUT2D eigenvalue weighted by molar-refractivity contribution is 0.525. The van der Waals surface area contributed by atoms with Crippen molar-refractivity contribution in [1.29, 1.82) is 0 Å². The summed E-state index contributed by atoms with van der Waals surface area (Å²) < 4.78 is 1.06. The average Bonchev–Trinajstić information content (AvgIpc) is 2.59. The summed E-state index contributed by atoms with van der Waals surface area (Å²) in [6.45, 7) is 4.25. The number of aryl methyl sites for hydroxylation is 1. The van der Waals surface area contributed by atoms with E-state index in [4.69, 9.17) is 0 Å². The fourth-order valence-corrected chi connectivity index (χ4v) is 3.29. The highest BCUT2D eigenvalue weighted by atomic mass is 79.9. The van der Waals surface area contributed by atoms with Gasteiger partial charge >= 0.3 is 0 Å². The third kappa shape index (κ3) is 4.01. The number of nitrogens with one attached hydrogen (secondary N) is 1. The van der Waals surface area contributed by atoms with Gasteiger partial charge in [0.25, 0.3) is 0 Å². The van der Waals surface area contributed by atoms with Crippen LogP contribution in [-0.4, -0.2) is 38.2 Å². The molecule has 0 amide bonds. The van der Waals surface area contributed by atoms with Crippen molar-refractivity contribution < 1.29 is 0 Å². The van der Waals surface area contributed by atoms with E-state index in [1.807, 2.05) is 6.20 Å². The molecule has 0 bridgehead atoms. The summed E-state index contributed by atoms with van der Waals surface area (Å²) in [4.78, 5) is 9.06. The van der Waals surface area contributed by atoms with Gasteiger partial charge in [-0.3, -0.25) is 0 Å². The molecule has 4 nitrogen and oxygen atoms in total. The molecule has 0 unspecified atom stereocenters. The predicted octanol–water partition coefficient (Wildman–Crippen LogP) is 4.30. The van der Waals surface area contributed by atoms with Crippen LogP contribution in [0.3, 0.4) is 0 Å². The summed E-state index contributed by atoms with van der Waals surface area (Å²) in [7, 11) is 4.15. The summed E-state index contributed by atoms with van der Waals surface area (Å²) in [5.74, 6) is 0.976. The average molecular weight is 389 g/mol. The number of halogens is 1. The molecule has 2 aromatic rings. The van der Waals surface area contributed by atoms with E-state index in [-0.39, 0.29) is 0 Å². The van der Waals surface area contributed by atoms with E-state index in [0.717, 1.165) is 36.2 Å². The van der Waals surface area contributed by atoms with Crippen LogP contribution < -0.4 is 15.1 Å². The van der Waals surface area contributed by atoms with Crippen molar-refractivity contribution in [2.24, 2.45) is 0 Å². The Morgan fingerprint density at radius 3 is 2.42 bits per heavy atom. The topological polar surface area (TPSA) is 31.4 Å². The highest BCUT2D eigenvalue weighted by Gasteiger charge is 2.19. The Labute approximate surface area is 153 Å². The SMILES string of the molecule is Cc1cc(NC2CCN(c3ccc(N(C)C)cc3)CC2)ncc1Br. The molecule has 0 aliphatic carbocycles. The number of hydrogen-bond donors (Lipinski definition) is 1. The molecule has 0 saturated carbocycles. The molecule has 1 aliphatic heterocycles. The van der Waals surface area contributed by atoms with Gasteiger partial charge < -0.3 is 15.1 Å². The van der Waals surface area contributed by atoms with Crippen LogP contribution in [0, 0.1) is 6.92 Å². The van der Waals surface area contributed by atoms with E-state index >= 15 is 0 Å². The molecule has 3 rings (SSSR count). The summed E-state index contributed by atoms with van der Waals surface area (Å²) in [5, 5.41) is 3.58. The van der Waals surface area contributed by atoms with Crippen molar-refractivity contribution in [2.45, 2.75) is 25.8 Å². The minimum Gasteiger partial charge on any atom is -0.378 e. The lowest BCUT2D eigenvalue weighted by Gasteiger charge is -2.34. The minimum atomic E-state index is 0.496. The lowest BCUT2D eigenvalue weighted by Crippen LogP contribution is -2.39.